The van der Waals surface area contributed by atoms with E-state index in [1.165, 1.54) is 6.42 Å². The van der Waals surface area contributed by atoms with Crippen LogP contribution in [0, 0.1) is 13.8 Å². The summed E-state index contributed by atoms with van der Waals surface area (Å²) in [6.07, 6.45) is 5.51. The molecule has 3 rings (SSSR count). The number of nitrogens with zero attached hydrogens (tertiary/aromatic N) is 1. The lowest BCUT2D eigenvalue weighted by molar-refractivity contribution is -0.142. The van der Waals surface area contributed by atoms with Gasteiger partial charge in [-0.2, -0.15) is 0 Å². The van der Waals surface area contributed by atoms with E-state index in [1.54, 1.807) is 30.0 Å². The van der Waals surface area contributed by atoms with E-state index in [4.69, 9.17) is 16.3 Å². The minimum atomic E-state index is -0.597. The van der Waals surface area contributed by atoms with E-state index >= 15 is 0 Å². The second-order valence-electron chi connectivity index (χ2n) is 8.73. The van der Waals surface area contributed by atoms with Crippen molar-refractivity contribution in [2.75, 3.05) is 6.61 Å². The highest BCUT2D eigenvalue weighted by atomic mass is 35.5. The van der Waals surface area contributed by atoms with Gasteiger partial charge in [0, 0.05) is 17.6 Å². The molecule has 1 aliphatic carbocycles. The summed E-state index contributed by atoms with van der Waals surface area (Å²) in [7, 11) is 0. The van der Waals surface area contributed by atoms with Crippen LogP contribution >= 0.6 is 11.6 Å². The summed E-state index contributed by atoms with van der Waals surface area (Å²) in [5, 5.41) is 3.80. The summed E-state index contributed by atoms with van der Waals surface area (Å²) < 4.78 is 5.74. The summed E-state index contributed by atoms with van der Waals surface area (Å²) in [5.74, 6) is 0.237. The molecule has 2 aromatic rings. The second kappa shape index (κ2) is 11.4. The van der Waals surface area contributed by atoms with Crippen LogP contribution in [0.3, 0.4) is 0 Å². The summed E-state index contributed by atoms with van der Waals surface area (Å²) in [6, 6.07) is 12.9. The van der Waals surface area contributed by atoms with E-state index in [1.807, 2.05) is 38.1 Å². The molecular weight excluding hydrogens is 424 g/mol. The molecule has 0 spiro atoms. The first kappa shape index (κ1) is 24.1. The van der Waals surface area contributed by atoms with Crippen molar-refractivity contribution in [2.24, 2.45) is 0 Å². The van der Waals surface area contributed by atoms with Crippen molar-refractivity contribution in [1.29, 1.82) is 0 Å². The Labute approximate surface area is 196 Å². The van der Waals surface area contributed by atoms with E-state index in [2.05, 4.69) is 5.32 Å². The van der Waals surface area contributed by atoms with Gasteiger partial charge in [0.25, 0.3) is 5.91 Å². The van der Waals surface area contributed by atoms with Gasteiger partial charge >= 0.3 is 0 Å². The predicted molar refractivity (Wildman–Crippen MR) is 128 cm³/mol. The Bertz CT molecular complexity index is 940. The minimum Gasteiger partial charge on any atom is -0.484 e. The molecule has 1 aliphatic rings. The number of ether oxygens (including phenoxy) is 1. The summed E-state index contributed by atoms with van der Waals surface area (Å²) in [5.41, 5.74) is 2.98. The van der Waals surface area contributed by atoms with Crippen LogP contribution < -0.4 is 10.1 Å². The monoisotopic (exact) mass is 456 g/mol. The Morgan fingerprint density at radius 1 is 1.12 bits per heavy atom. The number of rotatable bonds is 8. The van der Waals surface area contributed by atoms with Gasteiger partial charge in [0.1, 0.15) is 11.8 Å². The van der Waals surface area contributed by atoms with Gasteiger partial charge in [0.05, 0.1) is 0 Å². The highest BCUT2D eigenvalue weighted by Crippen LogP contribution is 2.22. The molecule has 0 aliphatic heterocycles. The van der Waals surface area contributed by atoms with Crippen LogP contribution in [0.15, 0.2) is 42.5 Å². The van der Waals surface area contributed by atoms with Crippen molar-refractivity contribution in [3.8, 4) is 5.75 Å². The van der Waals surface area contributed by atoms with Gasteiger partial charge in [-0.1, -0.05) is 60.7 Å². The molecule has 0 radical (unpaired) electrons. The Morgan fingerprint density at radius 3 is 2.56 bits per heavy atom. The fraction of sp³-hybridized carbons (Fsp3) is 0.462. The zero-order valence-electron chi connectivity index (χ0n) is 19.2. The number of benzene rings is 2. The molecule has 172 valence electrons. The van der Waals surface area contributed by atoms with Gasteiger partial charge in [-0.25, -0.2) is 0 Å². The normalized spacial score (nSPS) is 15.1. The molecule has 1 saturated carbocycles. The predicted octanol–water partition coefficient (Wildman–Crippen LogP) is 5.20. The maximum atomic E-state index is 13.2. The van der Waals surface area contributed by atoms with Crippen molar-refractivity contribution >= 4 is 23.4 Å². The van der Waals surface area contributed by atoms with Crippen LogP contribution in [0.5, 0.6) is 5.75 Å². The molecule has 1 N–H and O–H groups in total. The summed E-state index contributed by atoms with van der Waals surface area (Å²) >= 11 is 6.08. The average Bonchev–Trinajstić information content (AvgIpc) is 2.78. The Hall–Kier alpha value is -2.53. The van der Waals surface area contributed by atoms with Crippen molar-refractivity contribution in [3.63, 3.8) is 0 Å². The average molecular weight is 457 g/mol. The molecule has 1 atom stereocenters. The first-order valence-electron chi connectivity index (χ1n) is 11.4. The highest BCUT2D eigenvalue weighted by Gasteiger charge is 2.28. The minimum absolute atomic E-state index is 0.111. The van der Waals surface area contributed by atoms with Crippen LogP contribution in [-0.4, -0.2) is 35.4 Å². The summed E-state index contributed by atoms with van der Waals surface area (Å²) in [6.45, 7) is 5.90. The number of hydrogen-bond acceptors (Lipinski definition) is 3. The summed E-state index contributed by atoms with van der Waals surface area (Å²) in [4.78, 5) is 27.8. The number of carbonyl (C=O) groups excluding carboxylic acids is 2. The SMILES string of the molecule is Cc1cccc(CN(C(=O)COc2ccc(Cl)c(C)c2)C(C)C(=O)NC2CCCCC2)c1. The fourth-order valence-corrected chi connectivity index (χ4v) is 4.21. The number of halogens is 1. The molecule has 0 saturated heterocycles. The number of carbonyl (C=O) groups is 2. The Balaban J connectivity index is 1.71. The first-order valence-corrected chi connectivity index (χ1v) is 11.8. The van der Waals surface area contributed by atoms with Gasteiger partial charge in [-0.3, -0.25) is 9.59 Å². The maximum Gasteiger partial charge on any atom is 0.261 e. The first-order chi connectivity index (χ1) is 15.3. The zero-order valence-corrected chi connectivity index (χ0v) is 20.0. The van der Waals surface area contributed by atoms with Crippen molar-refractivity contribution in [1.82, 2.24) is 10.2 Å². The van der Waals surface area contributed by atoms with Crippen molar-refractivity contribution in [3.05, 3.63) is 64.2 Å². The molecule has 0 bridgehead atoms. The third-order valence-corrected chi connectivity index (χ3v) is 6.47. The van der Waals surface area contributed by atoms with Gasteiger partial charge in [0.2, 0.25) is 5.91 Å². The standard InChI is InChI=1S/C26H33ClN2O3/c1-18-8-7-9-21(14-18)16-29(20(3)26(31)28-22-10-5-4-6-11-22)25(30)17-32-23-12-13-24(27)19(2)15-23/h7-9,12-15,20,22H,4-6,10-11,16-17H2,1-3H3,(H,28,31). The molecule has 0 heterocycles. The number of amides is 2. The van der Waals surface area contributed by atoms with E-state index in [0.29, 0.717) is 17.3 Å². The lowest BCUT2D eigenvalue weighted by Crippen LogP contribution is -2.51. The Morgan fingerprint density at radius 2 is 1.88 bits per heavy atom. The molecule has 32 heavy (non-hydrogen) atoms. The van der Waals surface area contributed by atoms with E-state index < -0.39 is 6.04 Å². The number of nitrogens with one attached hydrogen (secondary N) is 1. The third kappa shape index (κ3) is 6.73. The smallest absolute Gasteiger partial charge is 0.261 e. The second-order valence-corrected chi connectivity index (χ2v) is 9.14. The van der Waals surface area contributed by atoms with Crippen LogP contribution in [0.2, 0.25) is 5.02 Å². The maximum absolute atomic E-state index is 13.2. The van der Waals surface area contributed by atoms with Crippen molar-refractivity contribution < 1.29 is 14.3 Å². The Kier molecular flexibility index (Phi) is 8.57. The highest BCUT2D eigenvalue weighted by molar-refractivity contribution is 6.31. The number of hydrogen-bond donors (Lipinski definition) is 1. The lowest BCUT2D eigenvalue weighted by Gasteiger charge is -2.31. The lowest BCUT2D eigenvalue weighted by atomic mass is 9.95. The quantitative estimate of drug-likeness (QED) is 0.593. The van der Waals surface area contributed by atoms with Crippen LogP contribution in [-0.2, 0) is 16.1 Å². The molecule has 2 aromatic carbocycles. The van der Waals surface area contributed by atoms with E-state index in [0.717, 1.165) is 42.4 Å². The molecule has 6 heteroatoms. The molecule has 1 fully saturated rings. The van der Waals surface area contributed by atoms with Crippen LogP contribution in [0.25, 0.3) is 0 Å². The number of aryl methyl sites for hydroxylation is 2. The van der Waals surface area contributed by atoms with Crippen molar-refractivity contribution in [2.45, 2.75) is 71.5 Å². The molecule has 0 aromatic heterocycles. The molecule has 1 unspecified atom stereocenters. The molecule has 2 amide bonds. The topological polar surface area (TPSA) is 58.6 Å². The van der Waals surface area contributed by atoms with Crippen LogP contribution in [0.1, 0.15) is 55.7 Å². The van der Waals surface area contributed by atoms with Crippen LogP contribution in [0.4, 0.5) is 0 Å². The van der Waals surface area contributed by atoms with E-state index in [9.17, 15) is 9.59 Å². The zero-order chi connectivity index (χ0) is 23.1. The van der Waals surface area contributed by atoms with Gasteiger partial charge in [-0.15, -0.1) is 0 Å². The fourth-order valence-electron chi connectivity index (χ4n) is 4.09. The van der Waals surface area contributed by atoms with Gasteiger partial charge in [-0.05, 0) is 62.9 Å². The van der Waals surface area contributed by atoms with Gasteiger partial charge < -0.3 is 15.0 Å². The van der Waals surface area contributed by atoms with Gasteiger partial charge in [0.15, 0.2) is 6.61 Å². The molecule has 5 nitrogen and oxygen atoms in total. The third-order valence-electron chi connectivity index (χ3n) is 6.05. The molecular formula is C26H33ClN2O3. The largest absolute Gasteiger partial charge is 0.484 e. The van der Waals surface area contributed by atoms with E-state index in [-0.39, 0.29) is 24.5 Å².